The zero-order valence-corrected chi connectivity index (χ0v) is 13.7. The highest BCUT2D eigenvalue weighted by molar-refractivity contribution is 7.98. The van der Waals surface area contributed by atoms with Crippen LogP contribution in [0.5, 0.6) is 0 Å². The van der Waals surface area contributed by atoms with Crippen molar-refractivity contribution in [3.05, 3.63) is 29.3 Å². The SMILES string of the molecule is COC(=O)[C@@H](CCSC)NC(=O)Nc1ccc(C)c(C)c1. The van der Waals surface area contributed by atoms with Crippen molar-refractivity contribution >= 4 is 29.4 Å². The van der Waals surface area contributed by atoms with Crippen LogP contribution in [-0.2, 0) is 9.53 Å². The highest BCUT2D eigenvalue weighted by Crippen LogP contribution is 2.14. The minimum absolute atomic E-state index is 0.408. The van der Waals surface area contributed by atoms with Crippen LogP contribution in [0.15, 0.2) is 18.2 Å². The van der Waals surface area contributed by atoms with Gasteiger partial charge in [-0.3, -0.25) is 0 Å². The summed E-state index contributed by atoms with van der Waals surface area (Å²) in [5.74, 6) is 0.336. The molecular formula is C15H22N2O3S. The predicted octanol–water partition coefficient (Wildman–Crippen LogP) is 2.72. The Morgan fingerprint density at radius 1 is 1.29 bits per heavy atom. The Bertz CT molecular complexity index is 506. The van der Waals surface area contributed by atoms with E-state index in [4.69, 9.17) is 4.74 Å². The predicted molar refractivity (Wildman–Crippen MR) is 86.9 cm³/mol. The van der Waals surface area contributed by atoms with Crippen LogP contribution < -0.4 is 10.6 Å². The molecule has 0 radical (unpaired) electrons. The number of benzene rings is 1. The van der Waals surface area contributed by atoms with Gasteiger partial charge in [0, 0.05) is 5.69 Å². The number of amides is 2. The number of hydrogen-bond acceptors (Lipinski definition) is 4. The van der Waals surface area contributed by atoms with E-state index in [0.717, 1.165) is 16.9 Å². The van der Waals surface area contributed by atoms with Crippen molar-refractivity contribution in [3.8, 4) is 0 Å². The van der Waals surface area contributed by atoms with E-state index in [0.29, 0.717) is 12.1 Å². The molecule has 0 aliphatic heterocycles. The number of aryl methyl sites for hydroxylation is 2. The van der Waals surface area contributed by atoms with Crippen molar-refractivity contribution < 1.29 is 14.3 Å². The van der Waals surface area contributed by atoms with Crippen molar-refractivity contribution in [3.63, 3.8) is 0 Å². The summed E-state index contributed by atoms with van der Waals surface area (Å²) in [6.07, 6.45) is 2.48. The molecule has 0 aromatic heterocycles. The third kappa shape index (κ3) is 5.67. The second kappa shape index (κ2) is 8.56. The average molecular weight is 310 g/mol. The van der Waals surface area contributed by atoms with Crippen molar-refractivity contribution in [2.75, 3.05) is 24.4 Å². The van der Waals surface area contributed by atoms with Crippen molar-refractivity contribution in [1.29, 1.82) is 0 Å². The molecule has 0 unspecified atom stereocenters. The van der Waals surface area contributed by atoms with Crippen LogP contribution in [0.2, 0.25) is 0 Å². The summed E-state index contributed by atoms with van der Waals surface area (Å²) in [6, 6.07) is 4.63. The molecule has 1 atom stereocenters. The van der Waals surface area contributed by atoms with Gasteiger partial charge in [-0.2, -0.15) is 11.8 Å². The van der Waals surface area contributed by atoms with E-state index in [1.54, 1.807) is 11.8 Å². The number of ether oxygens (including phenoxy) is 1. The number of carbonyl (C=O) groups excluding carboxylic acids is 2. The maximum atomic E-state index is 12.0. The fraction of sp³-hybridized carbons (Fsp3) is 0.467. The zero-order valence-electron chi connectivity index (χ0n) is 12.9. The molecule has 2 N–H and O–H groups in total. The molecule has 0 spiro atoms. The molecule has 0 saturated carbocycles. The van der Waals surface area contributed by atoms with E-state index in [1.807, 2.05) is 38.3 Å². The Morgan fingerprint density at radius 2 is 2.00 bits per heavy atom. The molecule has 0 aliphatic carbocycles. The molecule has 2 amide bonds. The molecule has 1 aromatic carbocycles. The van der Waals surface area contributed by atoms with E-state index in [1.165, 1.54) is 7.11 Å². The normalized spacial score (nSPS) is 11.6. The van der Waals surface area contributed by atoms with Gasteiger partial charge in [-0.25, -0.2) is 9.59 Å². The molecule has 5 nitrogen and oxygen atoms in total. The molecule has 116 valence electrons. The summed E-state index contributed by atoms with van der Waals surface area (Å²) < 4.78 is 4.70. The van der Waals surface area contributed by atoms with Gasteiger partial charge >= 0.3 is 12.0 Å². The average Bonchev–Trinajstić information content (AvgIpc) is 2.46. The van der Waals surface area contributed by atoms with E-state index >= 15 is 0 Å². The summed E-state index contributed by atoms with van der Waals surface area (Å²) >= 11 is 1.61. The third-order valence-electron chi connectivity index (χ3n) is 3.17. The van der Waals surface area contributed by atoms with Crippen molar-refractivity contribution in [2.24, 2.45) is 0 Å². The number of hydrogen-bond donors (Lipinski definition) is 2. The van der Waals surface area contributed by atoms with E-state index < -0.39 is 18.0 Å². The van der Waals surface area contributed by atoms with Gasteiger partial charge in [0.1, 0.15) is 6.04 Å². The van der Waals surface area contributed by atoms with Gasteiger partial charge in [0.15, 0.2) is 0 Å². The maximum absolute atomic E-state index is 12.0. The summed E-state index contributed by atoms with van der Waals surface area (Å²) in [4.78, 5) is 23.6. The number of methoxy groups -OCH3 is 1. The van der Waals surface area contributed by atoms with Gasteiger partial charge < -0.3 is 15.4 Å². The smallest absolute Gasteiger partial charge is 0.328 e. The lowest BCUT2D eigenvalue weighted by Gasteiger charge is -2.16. The number of nitrogens with one attached hydrogen (secondary N) is 2. The molecule has 1 rings (SSSR count). The number of urea groups is 1. The Hall–Kier alpha value is -1.69. The standard InChI is InChI=1S/C15H22N2O3S/c1-10-5-6-12(9-11(10)2)16-15(19)17-13(7-8-21-4)14(18)20-3/h5-6,9,13H,7-8H2,1-4H3,(H2,16,17,19)/t13-/m1/s1. The molecule has 0 heterocycles. The molecule has 21 heavy (non-hydrogen) atoms. The summed E-state index contributed by atoms with van der Waals surface area (Å²) in [6.45, 7) is 3.99. The topological polar surface area (TPSA) is 67.4 Å². The molecular weight excluding hydrogens is 288 g/mol. The van der Waals surface area contributed by atoms with Crippen LogP contribution in [0.3, 0.4) is 0 Å². The Labute approximate surface area is 129 Å². The molecule has 6 heteroatoms. The third-order valence-corrected chi connectivity index (χ3v) is 3.81. The first-order valence-electron chi connectivity index (χ1n) is 6.69. The molecule has 1 aromatic rings. The summed E-state index contributed by atoms with van der Waals surface area (Å²) in [5.41, 5.74) is 2.96. The number of thioether (sulfide) groups is 1. The second-order valence-electron chi connectivity index (χ2n) is 4.75. The lowest BCUT2D eigenvalue weighted by Crippen LogP contribution is -2.44. The molecule has 0 aliphatic rings. The van der Waals surface area contributed by atoms with Gasteiger partial charge in [-0.1, -0.05) is 6.07 Å². The van der Waals surface area contributed by atoms with Crippen LogP contribution in [0.4, 0.5) is 10.5 Å². The highest BCUT2D eigenvalue weighted by Gasteiger charge is 2.20. The van der Waals surface area contributed by atoms with Gasteiger partial charge in [-0.05, 0) is 55.5 Å². The van der Waals surface area contributed by atoms with Crippen LogP contribution in [0.25, 0.3) is 0 Å². The van der Waals surface area contributed by atoms with Crippen molar-refractivity contribution in [2.45, 2.75) is 26.3 Å². The summed E-state index contributed by atoms with van der Waals surface area (Å²) in [7, 11) is 1.32. The lowest BCUT2D eigenvalue weighted by molar-refractivity contribution is -0.142. The van der Waals surface area contributed by atoms with Crippen LogP contribution in [-0.4, -0.2) is 37.2 Å². The zero-order chi connectivity index (χ0) is 15.8. The minimum Gasteiger partial charge on any atom is -0.467 e. The first-order valence-corrected chi connectivity index (χ1v) is 8.09. The molecule has 0 saturated heterocycles. The second-order valence-corrected chi connectivity index (χ2v) is 5.74. The van der Waals surface area contributed by atoms with Gasteiger partial charge in [-0.15, -0.1) is 0 Å². The maximum Gasteiger partial charge on any atom is 0.328 e. The number of carbonyl (C=O) groups is 2. The fourth-order valence-corrected chi connectivity index (χ4v) is 2.24. The van der Waals surface area contributed by atoms with Crippen LogP contribution in [0, 0.1) is 13.8 Å². The Balaban J connectivity index is 2.64. The van der Waals surface area contributed by atoms with E-state index in [-0.39, 0.29) is 0 Å². The van der Waals surface area contributed by atoms with E-state index in [2.05, 4.69) is 10.6 Å². The van der Waals surface area contributed by atoms with Crippen molar-refractivity contribution in [1.82, 2.24) is 5.32 Å². The largest absolute Gasteiger partial charge is 0.467 e. The van der Waals surface area contributed by atoms with Gasteiger partial charge in [0.2, 0.25) is 0 Å². The molecule has 0 fully saturated rings. The Kier molecular flexibility index (Phi) is 7.08. The van der Waals surface area contributed by atoms with Crippen LogP contribution >= 0.6 is 11.8 Å². The minimum atomic E-state index is -0.631. The van der Waals surface area contributed by atoms with Crippen LogP contribution in [0.1, 0.15) is 17.5 Å². The fourth-order valence-electron chi connectivity index (χ4n) is 1.77. The van der Waals surface area contributed by atoms with E-state index in [9.17, 15) is 9.59 Å². The lowest BCUT2D eigenvalue weighted by atomic mass is 10.1. The van der Waals surface area contributed by atoms with Gasteiger partial charge in [0.05, 0.1) is 7.11 Å². The quantitative estimate of drug-likeness (QED) is 0.793. The number of esters is 1. The van der Waals surface area contributed by atoms with Gasteiger partial charge in [0.25, 0.3) is 0 Å². The monoisotopic (exact) mass is 310 g/mol. The summed E-state index contributed by atoms with van der Waals surface area (Å²) in [5, 5.41) is 5.38. The number of rotatable bonds is 6. The highest BCUT2D eigenvalue weighted by atomic mass is 32.2. The first kappa shape index (κ1) is 17.4. The Morgan fingerprint density at radius 3 is 2.57 bits per heavy atom. The molecule has 0 bridgehead atoms. The number of anilines is 1. The first-order chi connectivity index (χ1) is 9.97.